The van der Waals surface area contributed by atoms with E-state index in [0.717, 1.165) is 41.2 Å². The molecule has 122 valence electrons. The first-order valence-corrected chi connectivity index (χ1v) is 8.11. The molecule has 1 atom stereocenters. The van der Waals surface area contributed by atoms with Gasteiger partial charge in [0.1, 0.15) is 12.4 Å². The number of fused-ring (bicyclic) bond motifs is 1. The number of rotatable bonds is 4. The summed E-state index contributed by atoms with van der Waals surface area (Å²) >= 11 is 0. The fourth-order valence-corrected chi connectivity index (χ4v) is 3.11. The van der Waals surface area contributed by atoms with E-state index >= 15 is 0 Å². The first kappa shape index (κ1) is 15.6. The Morgan fingerprint density at radius 2 is 2.17 bits per heavy atom. The summed E-state index contributed by atoms with van der Waals surface area (Å²) < 4.78 is 7.67. The molecule has 1 aromatic carbocycles. The SMILES string of the molecule is CCn1nc(C)c(CNC(=O)[C@@H]2COc3ccccc3C2)c1C. The summed E-state index contributed by atoms with van der Waals surface area (Å²) in [5, 5.41) is 7.54. The summed E-state index contributed by atoms with van der Waals surface area (Å²) in [7, 11) is 0. The quantitative estimate of drug-likeness (QED) is 0.943. The third-order valence-electron chi connectivity index (χ3n) is 4.52. The van der Waals surface area contributed by atoms with Gasteiger partial charge >= 0.3 is 0 Å². The summed E-state index contributed by atoms with van der Waals surface area (Å²) in [6.45, 7) is 7.90. The lowest BCUT2D eigenvalue weighted by Crippen LogP contribution is -2.37. The van der Waals surface area contributed by atoms with Gasteiger partial charge in [-0.1, -0.05) is 18.2 Å². The van der Waals surface area contributed by atoms with E-state index in [2.05, 4.69) is 17.3 Å². The predicted octanol–water partition coefficient (Wildman–Crippen LogP) is 2.39. The fourth-order valence-electron chi connectivity index (χ4n) is 3.11. The van der Waals surface area contributed by atoms with Crippen molar-refractivity contribution in [3.63, 3.8) is 0 Å². The summed E-state index contributed by atoms with van der Waals surface area (Å²) in [6.07, 6.45) is 0.730. The molecule has 2 heterocycles. The van der Waals surface area contributed by atoms with Crippen LogP contribution in [0.3, 0.4) is 0 Å². The molecule has 0 bridgehead atoms. The monoisotopic (exact) mass is 313 g/mol. The highest BCUT2D eigenvalue weighted by atomic mass is 16.5. The number of hydrogen-bond donors (Lipinski definition) is 1. The Morgan fingerprint density at radius 1 is 1.39 bits per heavy atom. The van der Waals surface area contributed by atoms with Gasteiger partial charge < -0.3 is 10.1 Å². The Morgan fingerprint density at radius 3 is 2.91 bits per heavy atom. The topological polar surface area (TPSA) is 56.2 Å². The lowest BCUT2D eigenvalue weighted by molar-refractivity contribution is -0.126. The number of nitrogens with zero attached hydrogens (tertiary/aromatic N) is 2. The predicted molar refractivity (Wildman–Crippen MR) is 88.4 cm³/mol. The van der Waals surface area contributed by atoms with Crippen LogP contribution < -0.4 is 10.1 Å². The zero-order valence-electron chi connectivity index (χ0n) is 13.9. The van der Waals surface area contributed by atoms with Gasteiger partial charge in [0.25, 0.3) is 0 Å². The normalized spacial score (nSPS) is 16.6. The number of carbonyl (C=O) groups excluding carboxylic acids is 1. The van der Waals surface area contributed by atoms with Gasteiger partial charge in [0.05, 0.1) is 11.6 Å². The molecule has 0 saturated carbocycles. The number of aryl methyl sites for hydroxylation is 2. The number of para-hydroxylation sites is 1. The van der Waals surface area contributed by atoms with Crippen molar-refractivity contribution in [2.75, 3.05) is 6.61 Å². The summed E-state index contributed by atoms with van der Waals surface area (Å²) in [6, 6.07) is 7.91. The van der Waals surface area contributed by atoms with Crippen molar-refractivity contribution in [1.82, 2.24) is 15.1 Å². The van der Waals surface area contributed by atoms with E-state index in [9.17, 15) is 4.79 Å². The zero-order valence-corrected chi connectivity index (χ0v) is 13.9. The van der Waals surface area contributed by atoms with E-state index < -0.39 is 0 Å². The molecule has 1 N–H and O–H groups in total. The molecule has 0 unspecified atom stereocenters. The summed E-state index contributed by atoms with van der Waals surface area (Å²) in [5.74, 6) is 0.807. The van der Waals surface area contributed by atoms with Gasteiger partial charge in [-0.15, -0.1) is 0 Å². The van der Waals surface area contributed by atoms with Crippen LogP contribution in [0.1, 0.15) is 29.4 Å². The lowest BCUT2D eigenvalue weighted by atomic mass is 9.96. The maximum atomic E-state index is 12.5. The second kappa shape index (κ2) is 6.44. The molecule has 1 aromatic heterocycles. The van der Waals surface area contributed by atoms with Crippen LogP contribution in [0.2, 0.25) is 0 Å². The van der Waals surface area contributed by atoms with Crippen molar-refractivity contribution in [1.29, 1.82) is 0 Å². The van der Waals surface area contributed by atoms with Crippen LogP contribution in [0.4, 0.5) is 0 Å². The second-order valence-electron chi connectivity index (χ2n) is 6.00. The third-order valence-corrected chi connectivity index (χ3v) is 4.52. The van der Waals surface area contributed by atoms with E-state index in [0.29, 0.717) is 13.2 Å². The van der Waals surface area contributed by atoms with Crippen LogP contribution in [0.5, 0.6) is 5.75 Å². The highest BCUT2D eigenvalue weighted by molar-refractivity contribution is 5.79. The van der Waals surface area contributed by atoms with Crippen molar-refractivity contribution in [3.8, 4) is 5.75 Å². The van der Waals surface area contributed by atoms with E-state index in [-0.39, 0.29) is 11.8 Å². The van der Waals surface area contributed by atoms with E-state index in [4.69, 9.17) is 4.74 Å². The van der Waals surface area contributed by atoms with Crippen molar-refractivity contribution in [2.24, 2.45) is 5.92 Å². The summed E-state index contributed by atoms with van der Waals surface area (Å²) in [5.41, 5.74) is 4.31. The molecule has 0 spiro atoms. The standard InChI is InChI=1S/C18H23N3O2/c1-4-21-13(3)16(12(2)20-21)10-19-18(22)15-9-14-7-5-6-8-17(14)23-11-15/h5-8,15H,4,9-11H2,1-3H3,(H,19,22)/t15-/m0/s1. The minimum absolute atomic E-state index is 0.0440. The van der Waals surface area contributed by atoms with Crippen LogP contribution in [0.15, 0.2) is 24.3 Å². The molecule has 1 aliphatic heterocycles. The van der Waals surface area contributed by atoms with Gasteiger partial charge in [0, 0.05) is 24.3 Å². The molecule has 0 saturated heterocycles. The van der Waals surface area contributed by atoms with Gasteiger partial charge in [0.15, 0.2) is 0 Å². The number of benzene rings is 1. The van der Waals surface area contributed by atoms with Gasteiger partial charge in [-0.05, 0) is 38.8 Å². The maximum Gasteiger partial charge on any atom is 0.227 e. The molecule has 5 nitrogen and oxygen atoms in total. The first-order chi connectivity index (χ1) is 11.1. The average Bonchev–Trinajstić information content (AvgIpc) is 2.85. The molecule has 0 radical (unpaired) electrons. The molecular formula is C18H23N3O2. The smallest absolute Gasteiger partial charge is 0.227 e. The van der Waals surface area contributed by atoms with Gasteiger partial charge in [0.2, 0.25) is 5.91 Å². The Balaban J connectivity index is 1.64. The minimum Gasteiger partial charge on any atom is -0.492 e. The molecule has 5 heteroatoms. The van der Waals surface area contributed by atoms with Gasteiger partial charge in [-0.25, -0.2) is 0 Å². The molecule has 0 aliphatic carbocycles. The number of ether oxygens (including phenoxy) is 1. The van der Waals surface area contributed by atoms with Crippen LogP contribution >= 0.6 is 0 Å². The number of carbonyl (C=O) groups is 1. The Kier molecular flexibility index (Phi) is 4.37. The molecule has 1 amide bonds. The van der Waals surface area contributed by atoms with E-state index in [1.54, 1.807) is 0 Å². The Bertz CT molecular complexity index is 721. The fraction of sp³-hybridized carbons (Fsp3) is 0.444. The van der Waals surface area contributed by atoms with E-state index in [1.165, 1.54) is 0 Å². The minimum atomic E-state index is -0.133. The van der Waals surface area contributed by atoms with E-state index in [1.807, 2.05) is 42.8 Å². The number of hydrogen-bond acceptors (Lipinski definition) is 3. The van der Waals surface area contributed by atoms with Crippen molar-refractivity contribution >= 4 is 5.91 Å². The van der Waals surface area contributed by atoms with Crippen LogP contribution in [-0.4, -0.2) is 22.3 Å². The zero-order chi connectivity index (χ0) is 16.4. The maximum absolute atomic E-state index is 12.5. The van der Waals surface area contributed by atoms with Crippen LogP contribution in [0, 0.1) is 19.8 Å². The highest BCUT2D eigenvalue weighted by Crippen LogP contribution is 2.26. The number of nitrogens with one attached hydrogen (secondary N) is 1. The first-order valence-electron chi connectivity index (χ1n) is 8.11. The molecule has 2 aromatic rings. The number of aromatic nitrogens is 2. The van der Waals surface area contributed by atoms with Crippen LogP contribution in [0.25, 0.3) is 0 Å². The summed E-state index contributed by atoms with van der Waals surface area (Å²) in [4.78, 5) is 12.5. The average molecular weight is 313 g/mol. The lowest BCUT2D eigenvalue weighted by Gasteiger charge is -2.24. The third kappa shape index (κ3) is 3.09. The Labute approximate surface area is 136 Å². The molecular weight excluding hydrogens is 290 g/mol. The highest BCUT2D eigenvalue weighted by Gasteiger charge is 2.26. The number of amides is 1. The van der Waals surface area contributed by atoms with Crippen molar-refractivity contribution < 1.29 is 9.53 Å². The molecule has 23 heavy (non-hydrogen) atoms. The molecule has 0 fully saturated rings. The van der Waals surface area contributed by atoms with Crippen molar-refractivity contribution in [2.45, 2.75) is 40.3 Å². The largest absolute Gasteiger partial charge is 0.492 e. The van der Waals surface area contributed by atoms with Gasteiger partial charge in [-0.3, -0.25) is 9.48 Å². The second-order valence-corrected chi connectivity index (χ2v) is 6.00. The van der Waals surface area contributed by atoms with Crippen LogP contribution in [-0.2, 0) is 24.3 Å². The molecule has 3 rings (SSSR count). The van der Waals surface area contributed by atoms with Crippen molar-refractivity contribution in [3.05, 3.63) is 46.8 Å². The molecule has 1 aliphatic rings. The van der Waals surface area contributed by atoms with Gasteiger partial charge in [-0.2, -0.15) is 5.10 Å². The Hall–Kier alpha value is -2.30.